The predicted octanol–water partition coefficient (Wildman–Crippen LogP) is -0.0215. The molecule has 19 heavy (non-hydrogen) atoms. The lowest BCUT2D eigenvalue weighted by atomic mass is 9.99. The number of rotatable bonds is 4. The van der Waals surface area contributed by atoms with E-state index in [1.165, 1.54) is 32.5 Å². The van der Waals surface area contributed by atoms with Gasteiger partial charge < -0.3 is 10.1 Å². The molecule has 6 heteroatoms. The summed E-state index contributed by atoms with van der Waals surface area (Å²) >= 11 is 0. The minimum absolute atomic E-state index is 0.243. The molecule has 2 saturated heterocycles. The van der Waals surface area contributed by atoms with Crippen molar-refractivity contribution in [1.29, 1.82) is 0 Å². The summed E-state index contributed by atoms with van der Waals surface area (Å²) < 4.78 is 7.68. The molecule has 1 N–H and O–H groups in total. The van der Waals surface area contributed by atoms with Crippen LogP contribution in [-0.4, -0.2) is 65.1 Å². The van der Waals surface area contributed by atoms with Gasteiger partial charge >= 0.3 is 0 Å². The second kappa shape index (κ2) is 6.45. The summed E-state index contributed by atoms with van der Waals surface area (Å²) in [6.07, 6.45) is 6.25. The SMILES string of the molecule is c1ncn(CC2CN(CC3CCCNC3)CCO2)n1. The normalized spacial score (nSPS) is 29.5. The van der Waals surface area contributed by atoms with Crippen molar-refractivity contribution < 1.29 is 4.74 Å². The first-order valence-corrected chi connectivity index (χ1v) is 7.27. The molecule has 0 saturated carbocycles. The summed E-state index contributed by atoms with van der Waals surface area (Å²) in [4.78, 5) is 6.52. The highest BCUT2D eigenvalue weighted by Gasteiger charge is 2.24. The van der Waals surface area contributed by atoms with Crippen molar-refractivity contribution in [2.75, 3.05) is 39.3 Å². The standard InChI is InChI=1S/C13H23N5O/c1-2-12(6-14-3-1)7-17-4-5-19-13(8-17)9-18-11-15-10-16-18/h10-14H,1-9H2. The molecule has 0 aromatic carbocycles. The van der Waals surface area contributed by atoms with E-state index in [-0.39, 0.29) is 6.10 Å². The number of morpholine rings is 1. The lowest BCUT2D eigenvalue weighted by Crippen LogP contribution is -2.47. The second-order valence-electron chi connectivity index (χ2n) is 5.58. The smallest absolute Gasteiger partial charge is 0.137 e. The Labute approximate surface area is 114 Å². The van der Waals surface area contributed by atoms with E-state index in [2.05, 4.69) is 20.3 Å². The van der Waals surface area contributed by atoms with Gasteiger partial charge in [0.05, 0.1) is 19.3 Å². The molecule has 2 aliphatic rings. The summed E-state index contributed by atoms with van der Waals surface area (Å²) in [5.74, 6) is 0.805. The second-order valence-corrected chi connectivity index (χ2v) is 5.58. The number of aromatic nitrogens is 3. The highest BCUT2D eigenvalue weighted by atomic mass is 16.5. The van der Waals surface area contributed by atoms with E-state index in [4.69, 9.17) is 4.74 Å². The summed E-state index contributed by atoms with van der Waals surface area (Å²) in [6.45, 7) is 7.27. The van der Waals surface area contributed by atoms with Gasteiger partial charge in [0.15, 0.2) is 0 Å². The highest BCUT2D eigenvalue weighted by molar-refractivity contribution is 4.77. The number of hydrogen-bond acceptors (Lipinski definition) is 5. The van der Waals surface area contributed by atoms with Gasteiger partial charge in [0.25, 0.3) is 0 Å². The molecule has 2 atom stereocenters. The average Bonchev–Trinajstić information content (AvgIpc) is 2.93. The molecule has 2 fully saturated rings. The van der Waals surface area contributed by atoms with Gasteiger partial charge in [-0.3, -0.25) is 9.58 Å². The monoisotopic (exact) mass is 265 g/mol. The van der Waals surface area contributed by atoms with Crippen molar-refractivity contribution in [3.63, 3.8) is 0 Å². The van der Waals surface area contributed by atoms with Gasteiger partial charge in [-0.25, -0.2) is 4.98 Å². The molecular weight excluding hydrogens is 242 g/mol. The van der Waals surface area contributed by atoms with Crippen LogP contribution in [0.25, 0.3) is 0 Å². The zero-order chi connectivity index (χ0) is 12.9. The number of nitrogens with zero attached hydrogens (tertiary/aromatic N) is 4. The Bertz CT molecular complexity index is 363. The van der Waals surface area contributed by atoms with Gasteiger partial charge in [-0.2, -0.15) is 5.10 Å². The Morgan fingerprint density at radius 1 is 1.37 bits per heavy atom. The fourth-order valence-electron chi connectivity index (χ4n) is 3.04. The first-order chi connectivity index (χ1) is 9.40. The Morgan fingerprint density at radius 3 is 3.16 bits per heavy atom. The van der Waals surface area contributed by atoms with Crippen LogP contribution < -0.4 is 5.32 Å². The van der Waals surface area contributed by atoms with Crippen molar-refractivity contribution in [1.82, 2.24) is 25.0 Å². The summed E-state index contributed by atoms with van der Waals surface area (Å²) in [5.41, 5.74) is 0. The number of piperidine rings is 1. The lowest BCUT2D eigenvalue weighted by molar-refractivity contribution is -0.0424. The van der Waals surface area contributed by atoms with E-state index in [0.29, 0.717) is 0 Å². The maximum absolute atomic E-state index is 5.82. The van der Waals surface area contributed by atoms with Crippen molar-refractivity contribution in [2.45, 2.75) is 25.5 Å². The Morgan fingerprint density at radius 2 is 2.37 bits per heavy atom. The quantitative estimate of drug-likeness (QED) is 0.829. The molecule has 2 aliphatic heterocycles. The van der Waals surface area contributed by atoms with Gasteiger partial charge in [0, 0.05) is 19.6 Å². The fourth-order valence-corrected chi connectivity index (χ4v) is 3.04. The molecule has 0 aliphatic carbocycles. The van der Waals surface area contributed by atoms with E-state index in [1.807, 2.05) is 4.68 Å². The third-order valence-electron chi connectivity index (χ3n) is 4.00. The van der Waals surface area contributed by atoms with Crippen LogP contribution in [0.15, 0.2) is 12.7 Å². The van der Waals surface area contributed by atoms with E-state index in [0.717, 1.165) is 32.2 Å². The van der Waals surface area contributed by atoms with E-state index in [9.17, 15) is 0 Å². The minimum Gasteiger partial charge on any atom is -0.374 e. The van der Waals surface area contributed by atoms with Crippen molar-refractivity contribution >= 4 is 0 Å². The topological polar surface area (TPSA) is 55.2 Å². The molecule has 0 radical (unpaired) electrons. The fraction of sp³-hybridized carbons (Fsp3) is 0.846. The van der Waals surface area contributed by atoms with Crippen LogP contribution in [0.4, 0.5) is 0 Å². The Kier molecular flexibility index (Phi) is 4.42. The van der Waals surface area contributed by atoms with Crippen molar-refractivity contribution in [3.8, 4) is 0 Å². The molecule has 0 amide bonds. The molecule has 0 bridgehead atoms. The number of hydrogen-bond donors (Lipinski definition) is 1. The molecule has 1 aromatic heterocycles. The van der Waals surface area contributed by atoms with Crippen molar-refractivity contribution in [2.24, 2.45) is 5.92 Å². The number of ether oxygens (including phenoxy) is 1. The van der Waals surface area contributed by atoms with Crippen LogP contribution in [0.1, 0.15) is 12.8 Å². The van der Waals surface area contributed by atoms with Crippen molar-refractivity contribution in [3.05, 3.63) is 12.7 Å². The van der Waals surface area contributed by atoms with Crippen LogP contribution in [0.5, 0.6) is 0 Å². The van der Waals surface area contributed by atoms with Crippen LogP contribution in [0.3, 0.4) is 0 Å². The molecule has 3 rings (SSSR count). The summed E-state index contributed by atoms with van der Waals surface area (Å²) in [5, 5.41) is 7.64. The zero-order valence-corrected chi connectivity index (χ0v) is 11.4. The first kappa shape index (κ1) is 13.0. The van der Waals surface area contributed by atoms with E-state index in [1.54, 1.807) is 12.7 Å². The molecule has 106 valence electrons. The van der Waals surface area contributed by atoms with Crippen LogP contribution in [-0.2, 0) is 11.3 Å². The van der Waals surface area contributed by atoms with Gasteiger partial charge in [-0.05, 0) is 31.8 Å². The van der Waals surface area contributed by atoms with Gasteiger partial charge in [-0.1, -0.05) is 0 Å². The first-order valence-electron chi connectivity index (χ1n) is 7.27. The Hall–Kier alpha value is -0.980. The van der Waals surface area contributed by atoms with Gasteiger partial charge in [0.2, 0.25) is 0 Å². The van der Waals surface area contributed by atoms with E-state index >= 15 is 0 Å². The molecule has 2 unspecified atom stereocenters. The highest BCUT2D eigenvalue weighted by Crippen LogP contribution is 2.14. The van der Waals surface area contributed by atoms with Crippen LogP contribution in [0.2, 0.25) is 0 Å². The maximum atomic E-state index is 5.82. The average molecular weight is 265 g/mol. The largest absolute Gasteiger partial charge is 0.374 e. The minimum atomic E-state index is 0.243. The third kappa shape index (κ3) is 3.75. The lowest BCUT2D eigenvalue weighted by Gasteiger charge is -2.36. The number of nitrogens with one attached hydrogen (secondary N) is 1. The molecule has 0 spiro atoms. The Balaban J connectivity index is 1.47. The molecule has 3 heterocycles. The molecule has 6 nitrogen and oxygen atoms in total. The van der Waals surface area contributed by atoms with Gasteiger partial charge in [-0.15, -0.1) is 0 Å². The summed E-state index contributed by atoms with van der Waals surface area (Å²) in [6, 6.07) is 0. The van der Waals surface area contributed by atoms with Gasteiger partial charge in [0.1, 0.15) is 12.7 Å². The molecule has 1 aromatic rings. The van der Waals surface area contributed by atoms with Crippen LogP contribution >= 0.6 is 0 Å². The predicted molar refractivity (Wildman–Crippen MR) is 71.8 cm³/mol. The molecular formula is C13H23N5O. The maximum Gasteiger partial charge on any atom is 0.137 e. The van der Waals surface area contributed by atoms with Crippen LogP contribution in [0, 0.1) is 5.92 Å². The van der Waals surface area contributed by atoms with E-state index < -0.39 is 0 Å². The third-order valence-corrected chi connectivity index (χ3v) is 4.00. The zero-order valence-electron chi connectivity index (χ0n) is 11.4. The summed E-state index contributed by atoms with van der Waals surface area (Å²) in [7, 11) is 0.